The van der Waals surface area contributed by atoms with Gasteiger partial charge in [-0.25, -0.2) is 12.7 Å². The van der Waals surface area contributed by atoms with Crippen molar-refractivity contribution in [3.05, 3.63) is 24.3 Å². The first-order valence-electron chi connectivity index (χ1n) is 6.85. The number of hydrogen-bond acceptors (Lipinski definition) is 4. The molecule has 0 amide bonds. The Bertz CT molecular complexity index is 556. The maximum absolute atomic E-state index is 12.3. The van der Waals surface area contributed by atoms with Crippen LogP contribution in [0.2, 0.25) is 0 Å². The van der Waals surface area contributed by atoms with E-state index in [9.17, 15) is 8.42 Å². The Balaban J connectivity index is 1.87. The summed E-state index contributed by atoms with van der Waals surface area (Å²) in [5.41, 5.74) is 6.55. The van der Waals surface area contributed by atoms with E-state index in [1.54, 1.807) is 11.4 Å². The molecule has 0 bridgehead atoms. The van der Waals surface area contributed by atoms with Crippen molar-refractivity contribution in [2.75, 3.05) is 24.3 Å². The number of rotatable bonds is 7. The Labute approximate surface area is 125 Å². The van der Waals surface area contributed by atoms with Crippen LogP contribution in [-0.2, 0) is 10.0 Å². The first-order chi connectivity index (χ1) is 9.42. The summed E-state index contributed by atoms with van der Waals surface area (Å²) >= 11 is 1.50. The number of nitrogens with zero attached hydrogens (tertiary/aromatic N) is 1. The van der Waals surface area contributed by atoms with E-state index >= 15 is 0 Å². The molecule has 1 fully saturated rings. The summed E-state index contributed by atoms with van der Waals surface area (Å²) in [4.78, 5) is 0.945. The first kappa shape index (κ1) is 15.7. The van der Waals surface area contributed by atoms with Gasteiger partial charge in [-0.2, -0.15) is 0 Å². The highest BCUT2D eigenvalue weighted by molar-refractivity contribution is 8.00. The van der Waals surface area contributed by atoms with Crippen LogP contribution in [0.1, 0.15) is 19.8 Å². The van der Waals surface area contributed by atoms with Gasteiger partial charge in [0.15, 0.2) is 0 Å². The van der Waals surface area contributed by atoms with Gasteiger partial charge in [0.25, 0.3) is 0 Å². The van der Waals surface area contributed by atoms with Crippen LogP contribution < -0.4 is 5.73 Å². The fourth-order valence-electron chi connectivity index (χ4n) is 2.14. The first-order valence-corrected chi connectivity index (χ1v) is 9.44. The Morgan fingerprint density at radius 3 is 2.65 bits per heavy atom. The second-order valence-electron chi connectivity index (χ2n) is 5.30. The Hall–Kier alpha value is -0.720. The molecule has 0 spiro atoms. The molecule has 6 heteroatoms. The molecule has 20 heavy (non-hydrogen) atoms. The molecule has 2 N–H and O–H groups in total. The number of nitrogens with two attached hydrogens (primary N) is 1. The van der Waals surface area contributed by atoms with Crippen molar-refractivity contribution in [1.29, 1.82) is 0 Å². The number of anilines is 1. The number of thioether (sulfide) groups is 1. The molecule has 1 saturated carbocycles. The third kappa shape index (κ3) is 3.90. The van der Waals surface area contributed by atoms with Crippen LogP contribution in [0.3, 0.4) is 0 Å². The summed E-state index contributed by atoms with van der Waals surface area (Å²) in [6.07, 6.45) is 2.30. The predicted molar refractivity (Wildman–Crippen MR) is 85.3 cm³/mol. The molecule has 0 aromatic heterocycles. The molecule has 1 aliphatic rings. The van der Waals surface area contributed by atoms with E-state index in [-0.39, 0.29) is 11.8 Å². The minimum atomic E-state index is -3.18. The van der Waals surface area contributed by atoms with Gasteiger partial charge in [-0.1, -0.05) is 12.1 Å². The standard InChI is InChI=1S/C14H22N2O2S2/c1-11(12-7-8-12)16(2)20(17,18)10-9-19-14-6-4-3-5-13(14)15/h3-6,11-12H,7-10,15H2,1-2H3. The zero-order valence-corrected chi connectivity index (χ0v) is 13.6. The molecular weight excluding hydrogens is 292 g/mol. The van der Waals surface area contributed by atoms with Crippen molar-refractivity contribution < 1.29 is 8.42 Å². The zero-order valence-electron chi connectivity index (χ0n) is 12.0. The highest BCUT2D eigenvalue weighted by Crippen LogP contribution is 2.35. The molecule has 0 saturated heterocycles. The third-order valence-electron chi connectivity index (χ3n) is 3.83. The van der Waals surface area contributed by atoms with E-state index in [1.807, 2.05) is 31.2 Å². The summed E-state index contributed by atoms with van der Waals surface area (Å²) in [6, 6.07) is 7.66. The molecule has 0 heterocycles. The quantitative estimate of drug-likeness (QED) is 0.620. The van der Waals surface area contributed by atoms with Crippen molar-refractivity contribution in [3.8, 4) is 0 Å². The van der Waals surface area contributed by atoms with Gasteiger partial charge in [-0.3, -0.25) is 0 Å². The average Bonchev–Trinajstić information content (AvgIpc) is 3.23. The van der Waals surface area contributed by atoms with E-state index < -0.39 is 10.0 Å². The second kappa shape index (κ2) is 6.37. The molecule has 1 aromatic rings. The predicted octanol–water partition coefficient (Wildman–Crippen LogP) is 2.42. The van der Waals surface area contributed by atoms with Gasteiger partial charge in [0.2, 0.25) is 10.0 Å². The number of sulfonamides is 1. The van der Waals surface area contributed by atoms with Crippen LogP contribution in [0.5, 0.6) is 0 Å². The summed E-state index contributed by atoms with van der Waals surface area (Å²) < 4.78 is 26.1. The Morgan fingerprint density at radius 1 is 1.40 bits per heavy atom. The van der Waals surface area contributed by atoms with Gasteiger partial charge >= 0.3 is 0 Å². The van der Waals surface area contributed by atoms with E-state index in [4.69, 9.17) is 5.73 Å². The monoisotopic (exact) mass is 314 g/mol. The van der Waals surface area contributed by atoms with E-state index in [1.165, 1.54) is 11.8 Å². The number of hydrogen-bond donors (Lipinski definition) is 1. The normalized spacial score (nSPS) is 17.4. The second-order valence-corrected chi connectivity index (χ2v) is 8.58. The van der Waals surface area contributed by atoms with Gasteiger partial charge < -0.3 is 5.73 Å². The SMILES string of the molecule is CC(C1CC1)N(C)S(=O)(=O)CCSc1ccccc1N. The van der Waals surface area contributed by atoms with Gasteiger partial charge in [0.1, 0.15) is 0 Å². The summed E-state index contributed by atoms with van der Waals surface area (Å²) in [5.74, 6) is 1.23. The lowest BCUT2D eigenvalue weighted by atomic mass is 10.2. The number of benzene rings is 1. The zero-order chi connectivity index (χ0) is 14.8. The molecule has 0 radical (unpaired) electrons. The smallest absolute Gasteiger partial charge is 0.214 e. The lowest BCUT2D eigenvalue weighted by Gasteiger charge is -2.24. The lowest BCUT2D eigenvalue weighted by molar-refractivity contribution is 0.357. The average molecular weight is 314 g/mol. The van der Waals surface area contributed by atoms with E-state index in [2.05, 4.69) is 0 Å². The fraction of sp³-hybridized carbons (Fsp3) is 0.571. The summed E-state index contributed by atoms with van der Waals surface area (Å²) in [5, 5.41) is 0. The maximum atomic E-state index is 12.3. The van der Waals surface area contributed by atoms with Gasteiger partial charge in [0, 0.05) is 29.4 Å². The highest BCUT2D eigenvalue weighted by atomic mass is 32.2. The molecule has 4 nitrogen and oxygen atoms in total. The number of para-hydroxylation sites is 1. The Kier molecular flexibility index (Phi) is 4.99. The third-order valence-corrected chi connectivity index (χ3v) is 7.11. The van der Waals surface area contributed by atoms with E-state index in [0.29, 0.717) is 17.4 Å². The maximum Gasteiger partial charge on any atom is 0.214 e. The van der Waals surface area contributed by atoms with Crippen molar-refractivity contribution in [3.63, 3.8) is 0 Å². The van der Waals surface area contributed by atoms with Crippen molar-refractivity contribution in [2.24, 2.45) is 5.92 Å². The molecule has 2 rings (SSSR count). The van der Waals surface area contributed by atoms with Crippen molar-refractivity contribution in [1.82, 2.24) is 4.31 Å². The van der Waals surface area contributed by atoms with Gasteiger partial charge in [-0.15, -0.1) is 11.8 Å². The summed E-state index contributed by atoms with van der Waals surface area (Å²) in [6.45, 7) is 2.00. The van der Waals surface area contributed by atoms with Crippen LogP contribution in [0, 0.1) is 5.92 Å². The lowest BCUT2D eigenvalue weighted by Crippen LogP contribution is -2.38. The van der Waals surface area contributed by atoms with Gasteiger partial charge in [0.05, 0.1) is 5.75 Å². The minimum Gasteiger partial charge on any atom is -0.398 e. The molecule has 1 aromatic carbocycles. The topological polar surface area (TPSA) is 63.4 Å². The van der Waals surface area contributed by atoms with Crippen molar-refractivity contribution >= 4 is 27.5 Å². The van der Waals surface area contributed by atoms with Crippen LogP contribution in [-0.4, -0.2) is 37.3 Å². The van der Waals surface area contributed by atoms with E-state index in [0.717, 1.165) is 17.7 Å². The highest BCUT2D eigenvalue weighted by Gasteiger charge is 2.35. The van der Waals surface area contributed by atoms with Crippen LogP contribution in [0.15, 0.2) is 29.2 Å². The summed E-state index contributed by atoms with van der Waals surface area (Å²) in [7, 11) is -1.48. The minimum absolute atomic E-state index is 0.117. The molecule has 1 aliphatic carbocycles. The molecule has 1 atom stereocenters. The Morgan fingerprint density at radius 2 is 2.05 bits per heavy atom. The molecular formula is C14H22N2O2S2. The van der Waals surface area contributed by atoms with Crippen LogP contribution in [0.4, 0.5) is 5.69 Å². The molecule has 0 aliphatic heterocycles. The largest absolute Gasteiger partial charge is 0.398 e. The molecule has 112 valence electrons. The van der Waals surface area contributed by atoms with Gasteiger partial charge in [-0.05, 0) is 37.8 Å². The fourth-order valence-corrected chi connectivity index (χ4v) is 4.91. The van der Waals surface area contributed by atoms with Crippen LogP contribution >= 0.6 is 11.8 Å². The van der Waals surface area contributed by atoms with Crippen molar-refractivity contribution in [2.45, 2.75) is 30.7 Å². The molecule has 1 unspecified atom stereocenters. The van der Waals surface area contributed by atoms with Crippen LogP contribution in [0.25, 0.3) is 0 Å². The number of nitrogen functional groups attached to an aromatic ring is 1.